The second-order valence-electron chi connectivity index (χ2n) is 3.66. The Morgan fingerprint density at radius 2 is 2.20 bits per heavy atom. The number of fused-ring (bicyclic) bond motifs is 1. The maximum atomic E-state index is 11.7. The highest BCUT2D eigenvalue weighted by atomic mass is 16.2. The van der Waals surface area contributed by atoms with Gasteiger partial charge in [0, 0.05) is 18.5 Å². The second-order valence-corrected chi connectivity index (χ2v) is 3.66. The highest BCUT2D eigenvalue weighted by molar-refractivity contribution is 6.06. The van der Waals surface area contributed by atoms with Crippen LogP contribution in [0.25, 0.3) is 0 Å². The zero-order chi connectivity index (χ0) is 10.8. The van der Waals surface area contributed by atoms with Gasteiger partial charge in [0.2, 0.25) is 5.91 Å². The molecular weight excluding hydrogens is 190 g/mol. The Hall–Kier alpha value is -1.64. The number of hydrogen-bond acceptors (Lipinski definition) is 2. The molecule has 15 heavy (non-hydrogen) atoms. The highest BCUT2D eigenvalue weighted by Gasteiger charge is 2.33. The predicted octanol–water partition coefficient (Wildman–Crippen LogP) is 1.49. The van der Waals surface area contributed by atoms with Crippen LogP contribution in [0, 0.1) is 0 Å². The molecule has 1 N–H and O–H groups in total. The molecule has 1 aromatic carbocycles. The highest BCUT2D eigenvalue weighted by Crippen LogP contribution is 2.32. The van der Waals surface area contributed by atoms with E-state index in [0.29, 0.717) is 18.5 Å². The molecule has 78 valence electrons. The Bertz CT molecular complexity index is 412. The van der Waals surface area contributed by atoms with Crippen molar-refractivity contribution in [3.05, 3.63) is 35.4 Å². The van der Waals surface area contributed by atoms with E-state index in [9.17, 15) is 9.59 Å². The van der Waals surface area contributed by atoms with Crippen molar-refractivity contribution < 1.29 is 9.59 Å². The summed E-state index contributed by atoms with van der Waals surface area (Å²) in [6, 6.07) is 7.34. The van der Waals surface area contributed by atoms with Gasteiger partial charge in [0.15, 0.2) is 5.78 Å². The topological polar surface area (TPSA) is 46.2 Å². The van der Waals surface area contributed by atoms with Crippen LogP contribution in [-0.2, 0) is 4.79 Å². The lowest BCUT2D eigenvalue weighted by Crippen LogP contribution is -2.28. The largest absolute Gasteiger partial charge is 0.356 e. The van der Waals surface area contributed by atoms with E-state index in [1.54, 1.807) is 6.07 Å². The molecule has 1 aliphatic carbocycles. The lowest BCUT2D eigenvalue weighted by atomic mass is 10.0. The van der Waals surface area contributed by atoms with Gasteiger partial charge < -0.3 is 5.32 Å². The molecule has 0 aromatic heterocycles. The van der Waals surface area contributed by atoms with Crippen molar-refractivity contribution in [2.24, 2.45) is 0 Å². The molecule has 0 aliphatic heterocycles. The van der Waals surface area contributed by atoms with E-state index >= 15 is 0 Å². The maximum absolute atomic E-state index is 11.7. The van der Waals surface area contributed by atoms with Gasteiger partial charge in [-0.2, -0.15) is 0 Å². The van der Waals surface area contributed by atoms with Crippen LogP contribution in [0.2, 0.25) is 0 Å². The maximum Gasteiger partial charge on any atom is 0.228 e. The van der Waals surface area contributed by atoms with Crippen LogP contribution in [0.15, 0.2) is 24.3 Å². The molecule has 3 nitrogen and oxygen atoms in total. The zero-order valence-electron chi connectivity index (χ0n) is 8.62. The number of hydrogen-bond donors (Lipinski definition) is 1. The average molecular weight is 203 g/mol. The first-order chi connectivity index (χ1) is 7.24. The number of nitrogens with one attached hydrogen (secondary N) is 1. The molecule has 0 bridgehead atoms. The van der Waals surface area contributed by atoms with Gasteiger partial charge in [-0.3, -0.25) is 9.59 Å². The summed E-state index contributed by atoms with van der Waals surface area (Å²) in [7, 11) is 0. The summed E-state index contributed by atoms with van der Waals surface area (Å²) in [5, 5.41) is 2.76. The Balaban J connectivity index is 2.32. The smallest absolute Gasteiger partial charge is 0.228 e. The third kappa shape index (κ3) is 1.65. The van der Waals surface area contributed by atoms with Gasteiger partial charge in [0.05, 0.1) is 5.92 Å². The second kappa shape index (κ2) is 3.85. The van der Waals surface area contributed by atoms with Crippen molar-refractivity contribution in [2.45, 2.75) is 19.3 Å². The number of likely N-dealkylation sites (N-methyl/N-ethyl adjacent to an activating group) is 1. The zero-order valence-corrected chi connectivity index (χ0v) is 8.62. The van der Waals surface area contributed by atoms with Crippen LogP contribution in [0.1, 0.15) is 35.2 Å². The van der Waals surface area contributed by atoms with Gasteiger partial charge in [0.25, 0.3) is 0 Å². The summed E-state index contributed by atoms with van der Waals surface area (Å²) < 4.78 is 0. The number of Topliss-reactive ketones (excluding diaryl/α,β-unsaturated/α-hetero) is 1. The van der Waals surface area contributed by atoms with Crippen molar-refractivity contribution in [1.82, 2.24) is 5.32 Å². The van der Waals surface area contributed by atoms with Gasteiger partial charge in [0.1, 0.15) is 0 Å². The summed E-state index contributed by atoms with van der Waals surface area (Å²) in [4.78, 5) is 23.3. The quantitative estimate of drug-likeness (QED) is 0.791. The molecule has 1 aliphatic rings. The molecule has 0 radical (unpaired) electrons. The summed E-state index contributed by atoms with van der Waals surface area (Å²) in [6.45, 7) is 2.48. The number of carbonyl (C=O) groups is 2. The standard InChI is InChI=1S/C12H13NO2/c1-2-13-12(15)10-7-11(14)9-6-4-3-5-8(9)10/h3-6,10H,2,7H2,1H3,(H,13,15). The van der Waals surface area contributed by atoms with Crippen molar-refractivity contribution in [3.8, 4) is 0 Å². The van der Waals surface area contributed by atoms with E-state index in [1.165, 1.54) is 0 Å². The normalized spacial score (nSPS) is 18.7. The molecule has 1 unspecified atom stereocenters. The lowest BCUT2D eigenvalue weighted by molar-refractivity contribution is -0.122. The van der Waals surface area contributed by atoms with E-state index < -0.39 is 0 Å². The average Bonchev–Trinajstić information content (AvgIpc) is 2.58. The summed E-state index contributed by atoms with van der Waals surface area (Å²) in [5.74, 6) is -0.258. The van der Waals surface area contributed by atoms with E-state index in [-0.39, 0.29) is 17.6 Å². The fourth-order valence-electron chi connectivity index (χ4n) is 1.99. The van der Waals surface area contributed by atoms with Crippen LogP contribution < -0.4 is 5.32 Å². The van der Waals surface area contributed by atoms with Crippen molar-refractivity contribution >= 4 is 11.7 Å². The molecule has 3 heteroatoms. The van der Waals surface area contributed by atoms with E-state index in [0.717, 1.165) is 5.56 Å². The van der Waals surface area contributed by atoms with E-state index in [4.69, 9.17) is 0 Å². The Labute approximate surface area is 88.5 Å². The number of rotatable bonds is 2. The SMILES string of the molecule is CCNC(=O)C1CC(=O)c2ccccc21. The minimum absolute atomic E-state index is 0.0456. The van der Waals surface area contributed by atoms with Gasteiger partial charge in [-0.15, -0.1) is 0 Å². The van der Waals surface area contributed by atoms with Gasteiger partial charge in [-0.25, -0.2) is 0 Å². The van der Waals surface area contributed by atoms with Crippen LogP contribution in [0.4, 0.5) is 0 Å². The first-order valence-electron chi connectivity index (χ1n) is 5.14. The predicted molar refractivity (Wildman–Crippen MR) is 56.8 cm³/mol. The molecule has 1 amide bonds. The van der Waals surface area contributed by atoms with Gasteiger partial charge in [-0.05, 0) is 12.5 Å². The lowest BCUT2D eigenvalue weighted by Gasteiger charge is -2.09. The fourth-order valence-corrected chi connectivity index (χ4v) is 1.99. The molecule has 0 heterocycles. The van der Waals surface area contributed by atoms with Crippen molar-refractivity contribution in [2.75, 3.05) is 6.54 Å². The Morgan fingerprint density at radius 3 is 2.93 bits per heavy atom. The van der Waals surface area contributed by atoms with E-state index in [1.807, 2.05) is 25.1 Å². The monoisotopic (exact) mass is 203 g/mol. The van der Waals surface area contributed by atoms with Crippen LogP contribution in [0.5, 0.6) is 0 Å². The Kier molecular flexibility index (Phi) is 2.54. The minimum atomic E-state index is -0.284. The van der Waals surface area contributed by atoms with Crippen molar-refractivity contribution in [1.29, 1.82) is 0 Å². The summed E-state index contributed by atoms with van der Waals surface area (Å²) in [6.07, 6.45) is 0.311. The first-order valence-corrected chi connectivity index (χ1v) is 5.14. The number of amides is 1. The van der Waals surface area contributed by atoms with E-state index in [2.05, 4.69) is 5.32 Å². The van der Waals surface area contributed by atoms with Crippen LogP contribution in [-0.4, -0.2) is 18.2 Å². The molecule has 0 saturated heterocycles. The molecular formula is C12H13NO2. The molecule has 0 fully saturated rings. The van der Waals surface area contributed by atoms with Crippen LogP contribution in [0.3, 0.4) is 0 Å². The number of ketones is 1. The third-order valence-electron chi connectivity index (χ3n) is 2.69. The molecule has 1 atom stereocenters. The molecule has 1 aromatic rings. The number of carbonyl (C=O) groups excluding carboxylic acids is 2. The summed E-state index contributed by atoms with van der Waals surface area (Å²) >= 11 is 0. The third-order valence-corrected chi connectivity index (χ3v) is 2.69. The fraction of sp³-hybridized carbons (Fsp3) is 0.333. The van der Waals surface area contributed by atoms with Crippen LogP contribution >= 0.6 is 0 Å². The first kappa shape index (κ1) is 9.90. The molecule has 0 saturated carbocycles. The molecule has 2 rings (SSSR count). The van der Waals surface area contributed by atoms with Gasteiger partial charge in [-0.1, -0.05) is 24.3 Å². The molecule has 0 spiro atoms. The summed E-state index contributed by atoms with van der Waals surface area (Å²) in [5.41, 5.74) is 1.57. The van der Waals surface area contributed by atoms with Crippen molar-refractivity contribution in [3.63, 3.8) is 0 Å². The Morgan fingerprint density at radius 1 is 1.47 bits per heavy atom. The van der Waals surface area contributed by atoms with Gasteiger partial charge >= 0.3 is 0 Å². The minimum Gasteiger partial charge on any atom is -0.356 e. The number of benzene rings is 1.